The summed E-state index contributed by atoms with van der Waals surface area (Å²) in [6.45, 7) is 0.115. The molecule has 0 atom stereocenters. The van der Waals surface area contributed by atoms with Crippen LogP contribution in [0.25, 0.3) is 0 Å². The van der Waals surface area contributed by atoms with Crippen molar-refractivity contribution in [2.24, 2.45) is 0 Å². The molecule has 0 aliphatic carbocycles. The van der Waals surface area contributed by atoms with Crippen molar-refractivity contribution >= 4 is 21.6 Å². The van der Waals surface area contributed by atoms with Gasteiger partial charge in [-0.05, 0) is 35.9 Å². The first-order chi connectivity index (χ1) is 8.56. The van der Waals surface area contributed by atoms with Crippen molar-refractivity contribution in [3.05, 3.63) is 58.1 Å². The van der Waals surface area contributed by atoms with Crippen molar-refractivity contribution in [1.29, 1.82) is 0 Å². The van der Waals surface area contributed by atoms with Gasteiger partial charge >= 0.3 is 0 Å². The summed E-state index contributed by atoms with van der Waals surface area (Å²) in [6, 6.07) is 9.06. The van der Waals surface area contributed by atoms with Crippen LogP contribution >= 0.6 is 15.9 Å². The van der Waals surface area contributed by atoms with Crippen LogP contribution in [0.1, 0.15) is 5.56 Å². The van der Waals surface area contributed by atoms with Gasteiger partial charge in [0.2, 0.25) is 5.82 Å². The molecule has 2 nitrogen and oxygen atoms in total. The van der Waals surface area contributed by atoms with Gasteiger partial charge in [-0.15, -0.1) is 0 Å². The quantitative estimate of drug-likeness (QED) is 0.873. The molecule has 0 radical (unpaired) electrons. The zero-order valence-electron chi connectivity index (χ0n) is 9.29. The molecule has 0 saturated heterocycles. The number of nitrogen functional groups attached to an aromatic ring is 1. The highest BCUT2D eigenvalue weighted by Gasteiger charge is 2.08. The molecule has 0 aromatic heterocycles. The van der Waals surface area contributed by atoms with Gasteiger partial charge < -0.3 is 10.5 Å². The monoisotopic (exact) mass is 313 g/mol. The number of anilines is 1. The zero-order valence-corrected chi connectivity index (χ0v) is 10.9. The third-order valence-electron chi connectivity index (χ3n) is 2.29. The number of rotatable bonds is 3. The molecule has 94 valence electrons. The Morgan fingerprint density at radius 3 is 2.67 bits per heavy atom. The van der Waals surface area contributed by atoms with Gasteiger partial charge in [0.15, 0.2) is 11.6 Å². The second-order valence-electron chi connectivity index (χ2n) is 3.73. The second-order valence-corrected chi connectivity index (χ2v) is 4.65. The standard InChI is InChI=1S/C13H10BrF2NO/c14-9-4-8(5-10(17)6-9)7-18-12-3-1-2-11(15)13(12)16/h1-6H,7,17H2. The molecular weight excluding hydrogens is 304 g/mol. The lowest BCUT2D eigenvalue weighted by Gasteiger charge is -2.08. The highest BCUT2D eigenvalue weighted by Crippen LogP contribution is 2.22. The summed E-state index contributed by atoms with van der Waals surface area (Å²) in [5.41, 5.74) is 7.00. The van der Waals surface area contributed by atoms with Crippen LogP contribution in [0.2, 0.25) is 0 Å². The number of hydrogen-bond acceptors (Lipinski definition) is 2. The minimum absolute atomic E-state index is 0.115. The zero-order chi connectivity index (χ0) is 13.1. The molecule has 2 rings (SSSR count). The van der Waals surface area contributed by atoms with Crippen LogP contribution in [0.3, 0.4) is 0 Å². The number of nitrogens with two attached hydrogens (primary N) is 1. The van der Waals surface area contributed by atoms with E-state index in [4.69, 9.17) is 10.5 Å². The fourth-order valence-electron chi connectivity index (χ4n) is 1.52. The van der Waals surface area contributed by atoms with Crippen LogP contribution < -0.4 is 10.5 Å². The van der Waals surface area contributed by atoms with Crippen LogP contribution in [0.4, 0.5) is 14.5 Å². The molecular formula is C13H10BrF2NO. The van der Waals surface area contributed by atoms with Crippen molar-refractivity contribution < 1.29 is 13.5 Å². The summed E-state index contributed by atoms with van der Waals surface area (Å²) < 4.78 is 32.3. The average Bonchev–Trinajstić information content (AvgIpc) is 2.30. The number of halogens is 3. The predicted octanol–water partition coefficient (Wildman–Crippen LogP) is 3.89. The van der Waals surface area contributed by atoms with Gasteiger partial charge in [0.25, 0.3) is 0 Å². The van der Waals surface area contributed by atoms with Crippen molar-refractivity contribution in [3.63, 3.8) is 0 Å². The Kier molecular flexibility index (Phi) is 3.81. The minimum Gasteiger partial charge on any atom is -0.486 e. The summed E-state index contributed by atoms with van der Waals surface area (Å²) in [5, 5.41) is 0. The maximum atomic E-state index is 13.3. The van der Waals surface area contributed by atoms with Crippen LogP contribution in [-0.2, 0) is 6.61 Å². The second kappa shape index (κ2) is 5.35. The van der Waals surface area contributed by atoms with Gasteiger partial charge in [-0.3, -0.25) is 0 Å². The molecule has 2 aromatic rings. The van der Waals surface area contributed by atoms with Gasteiger partial charge in [0, 0.05) is 10.2 Å². The minimum atomic E-state index is -0.986. The Balaban J connectivity index is 2.14. The van der Waals surface area contributed by atoms with E-state index in [0.717, 1.165) is 16.1 Å². The topological polar surface area (TPSA) is 35.2 Å². The van der Waals surface area contributed by atoms with Crippen molar-refractivity contribution in [1.82, 2.24) is 0 Å². The van der Waals surface area contributed by atoms with E-state index < -0.39 is 11.6 Å². The summed E-state index contributed by atoms with van der Waals surface area (Å²) in [6.07, 6.45) is 0. The van der Waals surface area contributed by atoms with Crippen molar-refractivity contribution in [2.75, 3.05) is 5.73 Å². The molecule has 5 heteroatoms. The first-order valence-corrected chi connectivity index (χ1v) is 5.97. The highest BCUT2D eigenvalue weighted by molar-refractivity contribution is 9.10. The van der Waals surface area contributed by atoms with Crippen LogP contribution in [0.15, 0.2) is 40.9 Å². The molecule has 0 saturated carbocycles. The molecule has 0 aliphatic heterocycles. The molecule has 0 fully saturated rings. The Morgan fingerprint density at radius 1 is 1.17 bits per heavy atom. The Bertz CT molecular complexity index is 555. The molecule has 0 spiro atoms. The maximum Gasteiger partial charge on any atom is 0.200 e. The lowest BCUT2D eigenvalue weighted by Crippen LogP contribution is -1.99. The highest BCUT2D eigenvalue weighted by atomic mass is 79.9. The summed E-state index contributed by atoms with van der Waals surface area (Å²) in [4.78, 5) is 0. The van der Waals surface area contributed by atoms with E-state index in [0.29, 0.717) is 5.69 Å². The van der Waals surface area contributed by atoms with E-state index in [1.165, 1.54) is 12.1 Å². The molecule has 0 unspecified atom stereocenters. The lowest BCUT2D eigenvalue weighted by atomic mass is 10.2. The van der Waals surface area contributed by atoms with E-state index in [2.05, 4.69) is 15.9 Å². The Morgan fingerprint density at radius 2 is 1.94 bits per heavy atom. The Hall–Kier alpha value is -1.62. The fraction of sp³-hybridized carbons (Fsp3) is 0.0769. The maximum absolute atomic E-state index is 13.3. The number of hydrogen-bond donors (Lipinski definition) is 1. The average molecular weight is 314 g/mol. The van der Waals surface area contributed by atoms with E-state index in [1.807, 2.05) is 0 Å². The number of ether oxygens (including phenoxy) is 1. The molecule has 0 heterocycles. The summed E-state index contributed by atoms with van der Waals surface area (Å²) in [5.74, 6) is -2.03. The molecule has 0 bridgehead atoms. The van der Waals surface area contributed by atoms with E-state index in [-0.39, 0.29) is 12.4 Å². The summed E-state index contributed by atoms with van der Waals surface area (Å²) >= 11 is 3.30. The third kappa shape index (κ3) is 2.98. The first kappa shape index (κ1) is 12.8. The lowest BCUT2D eigenvalue weighted by molar-refractivity contribution is 0.284. The predicted molar refractivity (Wildman–Crippen MR) is 69.2 cm³/mol. The first-order valence-electron chi connectivity index (χ1n) is 5.18. The van der Waals surface area contributed by atoms with Crippen molar-refractivity contribution in [2.45, 2.75) is 6.61 Å². The van der Waals surface area contributed by atoms with Gasteiger partial charge in [-0.2, -0.15) is 4.39 Å². The van der Waals surface area contributed by atoms with Crippen LogP contribution in [0.5, 0.6) is 5.75 Å². The smallest absolute Gasteiger partial charge is 0.200 e. The van der Waals surface area contributed by atoms with Gasteiger partial charge in [0.1, 0.15) is 6.61 Å². The summed E-state index contributed by atoms with van der Waals surface area (Å²) in [7, 11) is 0. The molecule has 18 heavy (non-hydrogen) atoms. The van der Waals surface area contributed by atoms with E-state index >= 15 is 0 Å². The molecule has 0 amide bonds. The Labute approximate surface area is 112 Å². The molecule has 2 N–H and O–H groups in total. The normalized spacial score (nSPS) is 10.4. The van der Waals surface area contributed by atoms with Gasteiger partial charge in [-0.25, -0.2) is 4.39 Å². The molecule has 2 aromatic carbocycles. The SMILES string of the molecule is Nc1cc(Br)cc(COc2cccc(F)c2F)c1. The van der Waals surface area contributed by atoms with E-state index in [9.17, 15) is 8.78 Å². The van der Waals surface area contributed by atoms with Crippen molar-refractivity contribution in [3.8, 4) is 5.75 Å². The van der Waals surface area contributed by atoms with Gasteiger partial charge in [0.05, 0.1) is 0 Å². The number of benzene rings is 2. The molecule has 0 aliphatic rings. The third-order valence-corrected chi connectivity index (χ3v) is 2.75. The van der Waals surface area contributed by atoms with Gasteiger partial charge in [-0.1, -0.05) is 22.0 Å². The van der Waals surface area contributed by atoms with Crippen LogP contribution in [-0.4, -0.2) is 0 Å². The fourth-order valence-corrected chi connectivity index (χ4v) is 2.07. The largest absolute Gasteiger partial charge is 0.486 e. The van der Waals surface area contributed by atoms with Crippen LogP contribution in [0, 0.1) is 11.6 Å². The van der Waals surface area contributed by atoms with E-state index in [1.54, 1.807) is 18.2 Å².